The second kappa shape index (κ2) is 9.84. The number of nitrogens with two attached hydrogens (primary N) is 1. The Hall–Kier alpha value is -3.40. The number of hydrogen-bond acceptors (Lipinski definition) is 8. The number of anilines is 1. The van der Waals surface area contributed by atoms with Gasteiger partial charge in [-0.3, -0.25) is 0 Å². The van der Waals surface area contributed by atoms with Crippen molar-refractivity contribution in [3.8, 4) is 22.8 Å². The molecule has 0 amide bonds. The Bertz CT molecular complexity index is 1220. The van der Waals surface area contributed by atoms with E-state index in [9.17, 15) is 0 Å². The highest BCUT2D eigenvalue weighted by Gasteiger charge is 2.33. The molecule has 2 aromatic heterocycles. The summed E-state index contributed by atoms with van der Waals surface area (Å²) < 4.78 is 11.0. The van der Waals surface area contributed by atoms with Gasteiger partial charge in [0.05, 0.1) is 31.5 Å². The van der Waals surface area contributed by atoms with Gasteiger partial charge in [0.15, 0.2) is 5.75 Å². The van der Waals surface area contributed by atoms with Gasteiger partial charge in [-0.05, 0) is 52.3 Å². The molecule has 0 saturated heterocycles. The summed E-state index contributed by atoms with van der Waals surface area (Å²) in [5.74, 6) is 1.81. The normalized spacial score (nSPS) is 20.0. The van der Waals surface area contributed by atoms with Crippen LogP contribution in [-0.4, -0.2) is 73.3 Å². The first-order valence-electron chi connectivity index (χ1n) is 11.2. The lowest BCUT2D eigenvalue weighted by molar-refractivity contribution is 0.300. The van der Waals surface area contributed by atoms with E-state index >= 15 is 0 Å². The Morgan fingerprint density at radius 2 is 2.00 bits per heavy atom. The van der Waals surface area contributed by atoms with E-state index in [1.165, 1.54) is 0 Å². The quantitative estimate of drug-likeness (QED) is 0.383. The molecule has 180 valence electrons. The molecule has 3 aromatic rings. The van der Waals surface area contributed by atoms with Gasteiger partial charge in [0, 0.05) is 28.9 Å². The Morgan fingerprint density at radius 3 is 2.68 bits per heavy atom. The number of allylic oxidation sites excluding steroid dienone is 1. The van der Waals surface area contributed by atoms with Crippen LogP contribution < -0.4 is 25.8 Å². The van der Waals surface area contributed by atoms with E-state index in [-0.39, 0.29) is 11.6 Å². The van der Waals surface area contributed by atoms with E-state index in [0.29, 0.717) is 17.4 Å². The van der Waals surface area contributed by atoms with Crippen molar-refractivity contribution in [2.75, 3.05) is 47.2 Å². The van der Waals surface area contributed by atoms with E-state index in [0.717, 1.165) is 40.9 Å². The first-order valence-corrected chi connectivity index (χ1v) is 11.2. The molecule has 2 atom stereocenters. The van der Waals surface area contributed by atoms with Crippen LogP contribution in [0.1, 0.15) is 6.42 Å². The van der Waals surface area contributed by atoms with E-state index in [4.69, 9.17) is 20.2 Å². The van der Waals surface area contributed by atoms with E-state index < -0.39 is 0 Å². The fourth-order valence-corrected chi connectivity index (χ4v) is 4.26. The molecular formula is C25H33N7O2. The average Bonchev–Trinajstić information content (AvgIpc) is 3.28. The number of rotatable bonds is 9. The molecule has 2 unspecified atom stereocenters. The molecule has 9 nitrogen and oxygen atoms in total. The molecule has 0 saturated carbocycles. The first-order chi connectivity index (χ1) is 16.4. The Labute approximate surface area is 200 Å². The summed E-state index contributed by atoms with van der Waals surface area (Å²) >= 11 is 0. The fraction of sp³-hybridized carbons (Fsp3) is 0.360. The van der Waals surface area contributed by atoms with E-state index in [1.807, 2.05) is 43.6 Å². The molecule has 5 N–H and O–H groups in total. The number of para-hydroxylation sites is 1. The number of aromatic amines is 1. The minimum Gasteiger partial charge on any atom is -0.495 e. The number of nitrogens with zero attached hydrogens (tertiary/aromatic N) is 3. The van der Waals surface area contributed by atoms with Gasteiger partial charge in [0.2, 0.25) is 5.95 Å². The smallest absolute Gasteiger partial charge is 0.227 e. The van der Waals surface area contributed by atoms with Crippen molar-refractivity contribution in [3.05, 3.63) is 54.5 Å². The Balaban J connectivity index is 1.63. The number of likely N-dealkylation sites (N-methyl/N-ethyl adjacent to an activating group) is 1. The monoisotopic (exact) mass is 463 g/mol. The largest absolute Gasteiger partial charge is 0.495 e. The lowest BCUT2D eigenvalue weighted by Gasteiger charge is -2.38. The summed E-state index contributed by atoms with van der Waals surface area (Å²) in [6, 6.07) is 5.69. The first kappa shape index (κ1) is 23.7. The lowest BCUT2D eigenvalue weighted by atomic mass is 9.83. The zero-order valence-corrected chi connectivity index (χ0v) is 20.3. The van der Waals surface area contributed by atoms with Gasteiger partial charge in [0.25, 0.3) is 0 Å². The number of fused-ring (bicyclic) bond motifs is 1. The Morgan fingerprint density at radius 1 is 1.21 bits per heavy atom. The highest BCUT2D eigenvalue weighted by molar-refractivity contribution is 5.98. The van der Waals surface area contributed by atoms with Crippen LogP contribution >= 0.6 is 0 Å². The van der Waals surface area contributed by atoms with Crippen molar-refractivity contribution in [2.45, 2.75) is 18.0 Å². The van der Waals surface area contributed by atoms with Crippen molar-refractivity contribution in [1.29, 1.82) is 0 Å². The third-order valence-electron chi connectivity index (χ3n) is 6.34. The minimum atomic E-state index is -0.301. The number of hydrogen-bond donors (Lipinski definition) is 4. The lowest BCUT2D eigenvalue weighted by Crippen LogP contribution is -2.57. The van der Waals surface area contributed by atoms with Crippen LogP contribution in [0.15, 0.2) is 54.5 Å². The number of methoxy groups -OCH3 is 2. The van der Waals surface area contributed by atoms with Crippen LogP contribution in [0.5, 0.6) is 11.5 Å². The maximum Gasteiger partial charge on any atom is 0.227 e. The Kier molecular flexibility index (Phi) is 6.87. The van der Waals surface area contributed by atoms with Gasteiger partial charge in [0.1, 0.15) is 11.4 Å². The van der Waals surface area contributed by atoms with Gasteiger partial charge in [-0.1, -0.05) is 18.2 Å². The maximum absolute atomic E-state index is 6.57. The van der Waals surface area contributed by atoms with Crippen molar-refractivity contribution >= 4 is 16.9 Å². The SMILES string of the molecule is CNC1(CCN(C)C)C=CC(Nc2ncc(OC)c(-c3c[nH]c4c(OC)cccc34)n2)=CC1N. The van der Waals surface area contributed by atoms with Gasteiger partial charge in [-0.25, -0.2) is 9.97 Å². The molecule has 0 bridgehead atoms. The number of H-pyrrole nitrogens is 1. The molecule has 0 radical (unpaired) electrons. The average molecular weight is 464 g/mol. The molecular weight excluding hydrogens is 430 g/mol. The summed E-state index contributed by atoms with van der Waals surface area (Å²) in [6.45, 7) is 0.926. The number of benzene rings is 1. The molecule has 1 aromatic carbocycles. The molecule has 9 heteroatoms. The van der Waals surface area contributed by atoms with Crippen molar-refractivity contribution < 1.29 is 9.47 Å². The van der Waals surface area contributed by atoms with Crippen LogP contribution in [0.3, 0.4) is 0 Å². The number of aromatic nitrogens is 3. The standard InChI is InChI=1S/C25H33N7O2/c1-27-25(11-12-32(2)3)10-9-16(13-21(25)26)30-24-29-15-20(34-5)23(31-24)18-14-28-22-17(18)7-6-8-19(22)33-4/h6-10,13-15,21,27-28H,11-12,26H2,1-5H3,(H,29,30,31). The predicted octanol–water partition coefficient (Wildman–Crippen LogP) is 2.74. The summed E-state index contributed by atoms with van der Waals surface area (Å²) in [5, 5.41) is 7.70. The molecule has 0 spiro atoms. The topological polar surface area (TPSA) is 113 Å². The molecule has 2 heterocycles. The minimum absolute atomic E-state index is 0.205. The van der Waals surface area contributed by atoms with Crippen LogP contribution in [0.2, 0.25) is 0 Å². The third-order valence-corrected chi connectivity index (χ3v) is 6.34. The molecule has 34 heavy (non-hydrogen) atoms. The predicted molar refractivity (Wildman–Crippen MR) is 136 cm³/mol. The highest BCUT2D eigenvalue weighted by atomic mass is 16.5. The van der Waals surface area contributed by atoms with Crippen molar-refractivity contribution in [2.24, 2.45) is 5.73 Å². The van der Waals surface area contributed by atoms with E-state index in [2.05, 4.69) is 45.7 Å². The van der Waals surface area contributed by atoms with Gasteiger partial charge < -0.3 is 35.7 Å². The molecule has 0 fully saturated rings. The van der Waals surface area contributed by atoms with Crippen LogP contribution in [0, 0.1) is 0 Å². The van der Waals surface area contributed by atoms with Gasteiger partial charge in [-0.2, -0.15) is 0 Å². The van der Waals surface area contributed by atoms with Crippen molar-refractivity contribution in [1.82, 2.24) is 25.2 Å². The summed E-state index contributed by atoms with van der Waals surface area (Å²) in [4.78, 5) is 14.7. The number of nitrogens with one attached hydrogen (secondary N) is 3. The summed E-state index contributed by atoms with van der Waals surface area (Å²) in [7, 11) is 9.34. The highest BCUT2D eigenvalue weighted by Crippen LogP contribution is 2.37. The van der Waals surface area contributed by atoms with Gasteiger partial charge >= 0.3 is 0 Å². The summed E-state index contributed by atoms with van der Waals surface area (Å²) in [6.07, 6.45) is 10.6. The third kappa shape index (κ3) is 4.50. The second-order valence-corrected chi connectivity index (χ2v) is 8.65. The van der Waals surface area contributed by atoms with Gasteiger partial charge in [-0.15, -0.1) is 0 Å². The van der Waals surface area contributed by atoms with Crippen LogP contribution in [0.4, 0.5) is 5.95 Å². The zero-order valence-electron chi connectivity index (χ0n) is 20.3. The van der Waals surface area contributed by atoms with Crippen LogP contribution in [-0.2, 0) is 0 Å². The van der Waals surface area contributed by atoms with Crippen molar-refractivity contribution in [3.63, 3.8) is 0 Å². The summed E-state index contributed by atoms with van der Waals surface area (Å²) in [5.41, 5.74) is 9.60. The molecule has 4 rings (SSSR count). The zero-order chi connectivity index (χ0) is 24.3. The maximum atomic E-state index is 6.57. The van der Waals surface area contributed by atoms with E-state index in [1.54, 1.807) is 20.4 Å². The second-order valence-electron chi connectivity index (χ2n) is 8.65. The molecule has 1 aliphatic carbocycles. The fourth-order valence-electron chi connectivity index (χ4n) is 4.26. The molecule has 1 aliphatic rings. The van der Waals surface area contributed by atoms with Crippen LogP contribution in [0.25, 0.3) is 22.2 Å². The number of ether oxygens (including phenoxy) is 2. The molecule has 0 aliphatic heterocycles.